The molecule has 0 saturated heterocycles. The van der Waals surface area contributed by atoms with Gasteiger partial charge in [-0.05, 0) is 30.5 Å². The maximum absolute atomic E-state index is 12.7. The van der Waals surface area contributed by atoms with Crippen LogP contribution in [0, 0.1) is 11.1 Å². The van der Waals surface area contributed by atoms with Gasteiger partial charge in [0.05, 0.1) is 19.3 Å². The Morgan fingerprint density at radius 1 is 1.31 bits per heavy atom. The van der Waals surface area contributed by atoms with Gasteiger partial charge in [0.2, 0.25) is 0 Å². The fourth-order valence-corrected chi connectivity index (χ4v) is 3.45. The smallest absolute Gasteiger partial charge is 0.400 e. The number of nitrogens with one attached hydrogen (secondary N) is 2. The average molecular weight is 399 g/mol. The van der Waals surface area contributed by atoms with E-state index in [1.807, 2.05) is 19.9 Å². The topological polar surface area (TPSA) is 111 Å². The average Bonchev–Trinajstić information content (AvgIpc) is 3.08. The molecule has 0 unspecified atom stereocenters. The zero-order valence-electron chi connectivity index (χ0n) is 17.0. The summed E-state index contributed by atoms with van der Waals surface area (Å²) in [6.45, 7) is 5.88. The van der Waals surface area contributed by atoms with Crippen LogP contribution in [0.3, 0.4) is 0 Å². The van der Waals surface area contributed by atoms with E-state index in [9.17, 15) is 14.8 Å². The number of carbonyl (C=O) groups is 1. The minimum absolute atomic E-state index is 0.0446. The van der Waals surface area contributed by atoms with Gasteiger partial charge >= 0.3 is 17.4 Å². The van der Waals surface area contributed by atoms with Gasteiger partial charge in [-0.1, -0.05) is 19.9 Å². The van der Waals surface area contributed by atoms with E-state index in [0.717, 1.165) is 11.1 Å². The van der Waals surface area contributed by atoms with Gasteiger partial charge in [0.15, 0.2) is 0 Å². The second-order valence-electron chi connectivity index (χ2n) is 7.22. The molecule has 0 bridgehead atoms. The summed E-state index contributed by atoms with van der Waals surface area (Å²) in [6.07, 6.45) is 2.30. The van der Waals surface area contributed by atoms with Gasteiger partial charge in [-0.15, -0.1) is 4.73 Å². The fraction of sp³-hybridized carbons (Fsp3) is 0.381. The first kappa shape index (κ1) is 20.4. The summed E-state index contributed by atoms with van der Waals surface area (Å²) in [5.74, 6) is -0.235. The monoisotopic (exact) mass is 399 g/mol. The molecule has 0 spiro atoms. The van der Waals surface area contributed by atoms with Crippen molar-refractivity contribution in [3.8, 4) is 5.88 Å². The van der Waals surface area contributed by atoms with Crippen molar-refractivity contribution in [2.45, 2.75) is 33.6 Å². The van der Waals surface area contributed by atoms with Crippen molar-refractivity contribution < 1.29 is 19.0 Å². The summed E-state index contributed by atoms with van der Waals surface area (Å²) in [5, 5.41) is 13.4. The molecule has 0 atom stereocenters. The molecule has 8 nitrogen and oxygen atoms in total. The Labute approximate surface area is 168 Å². The molecule has 0 aliphatic heterocycles. The standard InChI is InChI=1S/C21H25N3O5/c1-5-29-21(26)14-7-6-8-15-18(14)13(11-22-15)10-16-20(28-4)24(27)17(9-12(2)3)19(25)23-16/h6-8,11-12,22H,5,9-10H2,1-4H3,(H,23,25). The summed E-state index contributed by atoms with van der Waals surface area (Å²) < 4.78 is 11.0. The molecule has 3 rings (SSSR count). The van der Waals surface area contributed by atoms with Crippen LogP contribution in [0.2, 0.25) is 0 Å². The van der Waals surface area contributed by atoms with E-state index >= 15 is 0 Å². The number of aromatic nitrogens is 3. The molecule has 0 saturated carbocycles. The predicted molar refractivity (Wildman–Crippen MR) is 108 cm³/mol. The summed E-state index contributed by atoms with van der Waals surface area (Å²) in [5.41, 5.74) is 1.96. The third-order valence-electron chi connectivity index (χ3n) is 4.66. The minimum Gasteiger partial charge on any atom is -0.616 e. The molecule has 0 aliphatic rings. The van der Waals surface area contributed by atoms with Crippen LogP contribution in [0.5, 0.6) is 5.88 Å². The van der Waals surface area contributed by atoms with E-state index in [0.29, 0.717) is 27.8 Å². The van der Waals surface area contributed by atoms with Crippen LogP contribution in [0.1, 0.15) is 48.1 Å². The van der Waals surface area contributed by atoms with Crippen molar-refractivity contribution in [1.29, 1.82) is 0 Å². The lowest BCUT2D eigenvalue weighted by atomic mass is 10.0. The van der Waals surface area contributed by atoms with Gasteiger partial charge < -0.3 is 24.6 Å². The van der Waals surface area contributed by atoms with E-state index in [-0.39, 0.29) is 30.5 Å². The number of esters is 1. The van der Waals surface area contributed by atoms with Crippen LogP contribution in [-0.4, -0.2) is 29.7 Å². The Balaban J connectivity index is 2.10. The van der Waals surface area contributed by atoms with Crippen molar-refractivity contribution in [3.63, 3.8) is 0 Å². The van der Waals surface area contributed by atoms with Crippen molar-refractivity contribution in [2.24, 2.45) is 5.92 Å². The molecule has 3 aromatic rings. The number of hydrogen-bond acceptors (Lipinski definition) is 5. The Morgan fingerprint density at radius 2 is 2.07 bits per heavy atom. The van der Waals surface area contributed by atoms with Crippen molar-refractivity contribution in [1.82, 2.24) is 9.97 Å². The maximum Gasteiger partial charge on any atom is 0.400 e. The molecule has 0 fully saturated rings. The van der Waals surface area contributed by atoms with Crippen molar-refractivity contribution in [3.05, 3.63) is 62.5 Å². The summed E-state index contributed by atoms with van der Waals surface area (Å²) in [7, 11) is 1.39. The van der Waals surface area contributed by atoms with E-state index in [2.05, 4.69) is 9.97 Å². The largest absolute Gasteiger partial charge is 0.616 e. The molecule has 0 amide bonds. The second kappa shape index (κ2) is 8.38. The predicted octanol–water partition coefficient (Wildman–Crippen LogP) is 2.46. The number of rotatable bonds is 7. The normalized spacial score (nSPS) is 11.2. The number of aromatic amines is 2. The van der Waals surface area contributed by atoms with Gasteiger partial charge in [-0.25, -0.2) is 4.79 Å². The van der Waals surface area contributed by atoms with Crippen molar-refractivity contribution >= 4 is 16.9 Å². The number of hydrogen-bond donors (Lipinski definition) is 2. The van der Waals surface area contributed by atoms with E-state index in [4.69, 9.17) is 9.47 Å². The third-order valence-corrected chi connectivity index (χ3v) is 4.66. The number of benzene rings is 1. The summed E-state index contributed by atoms with van der Waals surface area (Å²) >= 11 is 0. The third kappa shape index (κ3) is 3.96. The molecule has 154 valence electrons. The number of H-pyrrole nitrogens is 2. The highest BCUT2D eigenvalue weighted by Crippen LogP contribution is 2.26. The van der Waals surface area contributed by atoms with E-state index in [1.165, 1.54) is 7.11 Å². The summed E-state index contributed by atoms with van der Waals surface area (Å²) in [6, 6.07) is 5.31. The Morgan fingerprint density at radius 3 is 2.72 bits per heavy atom. The van der Waals surface area contributed by atoms with Gasteiger partial charge in [-0.2, -0.15) is 0 Å². The molecule has 0 radical (unpaired) electrons. The number of ether oxygens (including phenoxy) is 2. The molecular formula is C21H25N3O5. The van der Waals surface area contributed by atoms with Gasteiger partial charge in [0.1, 0.15) is 5.69 Å². The van der Waals surface area contributed by atoms with Gasteiger partial charge in [-0.3, -0.25) is 4.79 Å². The lowest BCUT2D eigenvalue weighted by Gasteiger charge is -2.12. The zero-order valence-corrected chi connectivity index (χ0v) is 17.0. The lowest BCUT2D eigenvalue weighted by molar-refractivity contribution is -0.622. The van der Waals surface area contributed by atoms with Crippen LogP contribution < -0.4 is 15.0 Å². The van der Waals surface area contributed by atoms with Crippen LogP contribution in [0.15, 0.2) is 29.2 Å². The number of methoxy groups -OCH3 is 1. The number of carbonyl (C=O) groups excluding carboxylic acids is 1. The molecule has 2 N–H and O–H groups in total. The highest BCUT2D eigenvalue weighted by molar-refractivity contribution is 6.05. The first-order chi connectivity index (χ1) is 13.9. The highest BCUT2D eigenvalue weighted by Gasteiger charge is 2.25. The van der Waals surface area contributed by atoms with E-state index in [1.54, 1.807) is 25.3 Å². The fourth-order valence-electron chi connectivity index (χ4n) is 3.45. The molecular weight excluding hydrogens is 374 g/mol. The van der Waals surface area contributed by atoms with Gasteiger partial charge in [0.25, 0.3) is 5.69 Å². The Bertz CT molecular complexity index is 1100. The lowest BCUT2D eigenvalue weighted by Crippen LogP contribution is -2.43. The number of fused-ring (bicyclic) bond motifs is 1. The quantitative estimate of drug-likeness (QED) is 0.360. The van der Waals surface area contributed by atoms with Gasteiger partial charge in [0, 0.05) is 29.9 Å². The van der Waals surface area contributed by atoms with Crippen LogP contribution >= 0.6 is 0 Å². The van der Waals surface area contributed by atoms with Crippen molar-refractivity contribution in [2.75, 3.05) is 13.7 Å². The first-order valence-electron chi connectivity index (χ1n) is 9.55. The molecule has 0 aliphatic carbocycles. The second-order valence-corrected chi connectivity index (χ2v) is 7.22. The van der Waals surface area contributed by atoms with Crippen LogP contribution in [-0.2, 0) is 17.6 Å². The first-order valence-corrected chi connectivity index (χ1v) is 9.55. The zero-order chi connectivity index (χ0) is 21.1. The maximum atomic E-state index is 12.7. The van der Waals surface area contributed by atoms with Crippen LogP contribution in [0.25, 0.3) is 10.9 Å². The molecule has 8 heteroatoms. The number of nitrogens with zero attached hydrogens (tertiary/aromatic N) is 1. The molecule has 2 aromatic heterocycles. The highest BCUT2D eigenvalue weighted by atomic mass is 16.5. The molecule has 29 heavy (non-hydrogen) atoms. The Kier molecular flexibility index (Phi) is 5.91. The molecule has 2 heterocycles. The minimum atomic E-state index is -0.435. The Hall–Kier alpha value is -3.29. The molecule has 1 aromatic carbocycles. The van der Waals surface area contributed by atoms with Crippen LogP contribution in [0.4, 0.5) is 0 Å². The summed E-state index contributed by atoms with van der Waals surface area (Å²) in [4.78, 5) is 30.8. The van der Waals surface area contributed by atoms with E-state index < -0.39 is 11.5 Å². The SMILES string of the molecule is CCOC(=O)c1cccc2[nH]cc(Cc3[nH]c(=O)c(CC(C)C)[n+]([O-])c3OC)c12.